The lowest BCUT2D eigenvalue weighted by molar-refractivity contribution is 0.158. The van der Waals surface area contributed by atoms with E-state index >= 15 is 0 Å². The Morgan fingerprint density at radius 2 is 1.71 bits per heavy atom. The molecule has 0 aliphatic rings. The molecule has 0 saturated carbocycles. The molecule has 0 fully saturated rings. The molecule has 0 radical (unpaired) electrons. The Kier molecular flexibility index (Phi) is 6.29. The normalized spacial score (nSPS) is 12.1. The van der Waals surface area contributed by atoms with Crippen molar-refractivity contribution in [2.75, 3.05) is 6.61 Å². The van der Waals surface area contributed by atoms with Gasteiger partial charge in [0.1, 0.15) is 5.75 Å². The number of ether oxygens (including phenoxy) is 1. The van der Waals surface area contributed by atoms with Crippen LogP contribution in [0.1, 0.15) is 43.4 Å². The van der Waals surface area contributed by atoms with Crippen molar-refractivity contribution in [3.8, 4) is 5.75 Å². The van der Waals surface area contributed by atoms with Crippen LogP contribution in [0.25, 0.3) is 0 Å². The van der Waals surface area contributed by atoms with Gasteiger partial charge in [0.2, 0.25) is 0 Å². The van der Waals surface area contributed by atoms with E-state index < -0.39 is 6.10 Å². The van der Waals surface area contributed by atoms with Crippen LogP contribution in [0.3, 0.4) is 0 Å². The zero-order chi connectivity index (χ0) is 14.9. The molecular formula is C19H24O2. The topological polar surface area (TPSA) is 29.5 Å². The van der Waals surface area contributed by atoms with Gasteiger partial charge in [0.15, 0.2) is 0 Å². The number of hydrogen-bond acceptors (Lipinski definition) is 2. The molecule has 2 nitrogen and oxygen atoms in total. The van der Waals surface area contributed by atoms with E-state index in [0.717, 1.165) is 37.0 Å². The third kappa shape index (κ3) is 4.91. The molecule has 0 aliphatic heterocycles. The molecular weight excluding hydrogens is 260 g/mol. The lowest BCUT2D eigenvalue weighted by atomic mass is 10.0. The van der Waals surface area contributed by atoms with Crippen molar-refractivity contribution in [2.24, 2.45) is 0 Å². The van der Waals surface area contributed by atoms with E-state index in [0.29, 0.717) is 6.61 Å². The van der Waals surface area contributed by atoms with Crippen molar-refractivity contribution < 1.29 is 9.84 Å². The van der Waals surface area contributed by atoms with Crippen molar-refractivity contribution in [1.29, 1.82) is 0 Å². The quantitative estimate of drug-likeness (QED) is 0.771. The molecule has 2 aromatic rings. The van der Waals surface area contributed by atoms with Crippen molar-refractivity contribution in [2.45, 2.75) is 38.7 Å². The van der Waals surface area contributed by atoms with Crippen LogP contribution in [-0.2, 0) is 6.42 Å². The molecule has 2 aromatic carbocycles. The van der Waals surface area contributed by atoms with Crippen molar-refractivity contribution >= 4 is 0 Å². The van der Waals surface area contributed by atoms with Gasteiger partial charge in [-0.05, 0) is 37.3 Å². The Labute approximate surface area is 127 Å². The second-order valence-corrected chi connectivity index (χ2v) is 5.28. The van der Waals surface area contributed by atoms with Gasteiger partial charge in [0, 0.05) is 5.56 Å². The minimum absolute atomic E-state index is 0.457. The first-order chi connectivity index (χ1) is 10.3. The molecule has 21 heavy (non-hydrogen) atoms. The predicted molar refractivity (Wildman–Crippen MR) is 86.6 cm³/mol. The van der Waals surface area contributed by atoms with Crippen LogP contribution in [0.15, 0.2) is 54.6 Å². The molecule has 0 spiro atoms. The fourth-order valence-electron chi connectivity index (χ4n) is 2.40. The van der Waals surface area contributed by atoms with E-state index in [1.807, 2.05) is 30.3 Å². The standard InChI is InChI=1S/C19H24O2/c1-2-15-21-19-14-7-6-12-17(19)18(20)13-8-11-16-9-4-3-5-10-16/h3-7,9-10,12,14,18,20H,2,8,11,13,15H2,1H3. The average Bonchev–Trinajstić information content (AvgIpc) is 2.54. The van der Waals surface area contributed by atoms with Gasteiger partial charge in [-0.1, -0.05) is 55.5 Å². The van der Waals surface area contributed by atoms with Crippen LogP contribution >= 0.6 is 0 Å². The monoisotopic (exact) mass is 284 g/mol. The SMILES string of the molecule is CCCOc1ccccc1C(O)CCCc1ccccc1. The molecule has 0 aromatic heterocycles. The molecule has 0 heterocycles. The maximum Gasteiger partial charge on any atom is 0.125 e. The van der Waals surface area contributed by atoms with Gasteiger partial charge in [-0.3, -0.25) is 0 Å². The second-order valence-electron chi connectivity index (χ2n) is 5.28. The fraction of sp³-hybridized carbons (Fsp3) is 0.368. The Bertz CT molecular complexity index is 522. The highest BCUT2D eigenvalue weighted by atomic mass is 16.5. The summed E-state index contributed by atoms with van der Waals surface area (Å²) >= 11 is 0. The number of para-hydroxylation sites is 1. The summed E-state index contributed by atoms with van der Waals surface area (Å²) in [6, 6.07) is 18.2. The number of aliphatic hydroxyl groups is 1. The summed E-state index contributed by atoms with van der Waals surface area (Å²) in [5, 5.41) is 10.4. The second kappa shape index (κ2) is 8.48. The van der Waals surface area contributed by atoms with Gasteiger partial charge in [0.05, 0.1) is 12.7 Å². The molecule has 2 rings (SSSR count). The van der Waals surface area contributed by atoms with Gasteiger partial charge in [-0.15, -0.1) is 0 Å². The van der Waals surface area contributed by atoms with Gasteiger partial charge in [-0.2, -0.15) is 0 Å². The summed E-state index contributed by atoms with van der Waals surface area (Å²) in [6.07, 6.45) is 3.23. The minimum atomic E-state index is -0.457. The van der Waals surface area contributed by atoms with Crippen LogP contribution in [0.5, 0.6) is 5.75 Å². The minimum Gasteiger partial charge on any atom is -0.493 e. The van der Waals surface area contributed by atoms with E-state index in [4.69, 9.17) is 4.74 Å². The number of aliphatic hydroxyl groups excluding tert-OH is 1. The summed E-state index contributed by atoms with van der Waals surface area (Å²) in [7, 11) is 0. The number of hydrogen-bond donors (Lipinski definition) is 1. The maximum atomic E-state index is 10.4. The maximum absolute atomic E-state index is 10.4. The molecule has 1 unspecified atom stereocenters. The van der Waals surface area contributed by atoms with E-state index in [1.165, 1.54) is 5.56 Å². The van der Waals surface area contributed by atoms with Crippen molar-refractivity contribution in [3.05, 3.63) is 65.7 Å². The van der Waals surface area contributed by atoms with E-state index in [1.54, 1.807) is 0 Å². The predicted octanol–water partition coefficient (Wildman–Crippen LogP) is 4.53. The number of aryl methyl sites for hydroxylation is 1. The van der Waals surface area contributed by atoms with Gasteiger partial charge in [-0.25, -0.2) is 0 Å². The first kappa shape index (κ1) is 15.6. The smallest absolute Gasteiger partial charge is 0.125 e. The Morgan fingerprint density at radius 3 is 2.48 bits per heavy atom. The summed E-state index contributed by atoms with van der Waals surface area (Å²) in [6.45, 7) is 2.77. The molecule has 0 bridgehead atoms. The molecule has 0 saturated heterocycles. The van der Waals surface area contributed by atoms with Gasteiger partial charge in [0.25, 0.3) is 0 Å². The molecule has 112 valence electrons. The molecule has 2 heteroatoms. The van der Waals surface area contributed by atoms with Crippen LogP contribution in [-0.4, -0.2) is 11.7 Å². The Morgan fingerprint density at radius 1 is 1.00 bits per heavy atom. The highest BCUT2D eigenvalue weighted by molar-refractivity contribution is 5.35. The first-order valence-electron chi connectivity index (χ1n) is 7.75. The molecule has 1 atom stereocenters. The largest absolute Gasteiger partial charge is 0.493 e. The molecule has 1 N–H and O–H groups in total. The van der Waals surface area contributed by atoms with Gasteiger partial charge < -0.3 is 9.84 Å². The Hall–Kier alpha value is -1.80. The van der Waals surface area contributed by atoms with Crippen LogP contribution in [0, 0.1) is 0 Å². The molecule has 0 amide bonds. The average molecular weight is 284 g/mol. The Balaban J connectivity index is 1.89. The number of benzene rings is 2. The van der Waals surface area contributed by atoms with E-state index in [9.17, 15) is 5.11 Å². The first-order valence-corrected chi connectivity index (χ1v) is 7.75. The lowest BCUT2D eigenvalue weighted by Crippen LogP contribution is -2.04. The van der Waals surface area contributed by atoms with Crippen molar-refractivity contribution in [1.82, 2.24) is 0 Å². The summed E-state index contributed by atoms with van der Waals surface area (Å²) in [5.41, 5.74) is 2.22. The zero-order valence-electron chi connectivity index (χ0n) is 12.7. The zero-order valence-corrected chi connectivity index (χ0v) is 12.7. The highest BCUT2D eigenvalue weighted by Gasteiger charge is 2.12. The summed E-state index contributed by atoms with van der Waals surface area (Å²) < 4.78 is 5.71. The summed E-state index contributed by atoms with van der Waals surface area (Å²) in [4.78, 5) is 0. The van der Waals surface area contributed by atoms with Crippen molar-refractivity contribution in [3.63, 3.8) is 0 Å². The van der Waals surface area contributed by atoms with Crippen LogP contribution < -0.4 is 4.74 Å². The third-order valence-corrected chi connectivity index (χ3v) is 3.53. The highest BCUT2D eigenvalue weighted by Crippen LogP contribution is 2.28. The molecule has 0 aliphatic carbocycles. The summed E-state index contributed by atoms with van der Waals surface area (Å²) in [5.74, 6) is 0.812. The van der Waals surface area contributed by atoms with E-state index in [2.05, 4.69) is 31.2 Å². The van der Waals surface area contributed by atoms with E-state index in [-0.39, 0.29) is 0 Å². The van der Waals surface area contributed by atoms with Gasteiger partial charge >= 0.3 is 0 Å². The lowest BCUT2D eigenvalue weighted by Gasteiger charge is -2.16. The van der Waals surface area contributed by atoms with Crippen LogP contribution in [0.2, 0.25) is 0 Å². The third-order valence-electron chi connectivity index (χ3n) is 3.53. The fourth-order valence-corrected chi connectivity index (χ4v) is 2.40. The van der Waals surface area contributed by atoms with Crippen LogP contribution in [0.4, 0.5) is 0 Å². The number of rotatable bonds is 8.